The zero-order chi connectivity index (χ0) is 27.5. The third-order valence-corrected chi connectivity index (χ3v) is 8.69. The monoisotopic (exact) mass is 619 g/mol. The fraction of sp³-hybridized carbons (Fsp3) is 0.586. The summed E-state index contributed by atoms with van der Waals surface area (Å²) in [7, 11) is 1.62. The van der Waals surface area contributed by atoms with Gasteiger partial charge < -0.3 is 35.9 Å². The standard InChI is InChI=1S/C29H41N9O2.2ClH/c1-40-24-8-4-5-22(17-24)34-29(39)37-15-13-21(14-16-37)32-26-25-27(38(18-31-25)23-6-2-3-7-23)36-28(35-26)33-20-11-9-19(30)10-12-20;;/h4-5,8,17-21,23H,2-3,6-7,9-16,30H2,1H3,(H,34,39)(H2,32,33,35,36);2*1H. The number of urea groups is 1. The number of carbonyl (C=O) groups is 1. The summed E-state index contributed by atoms with van der Waals surface area (Å²) < 4.78 is 7.52. The number of ether oxygens (including phenoxy) is 1. The number of aromatic nitrogens is 4. The van der Waals surface area contributed by atoms with Crippen molar-refractivity contribution in [1.82, 2.24) is 24.4 Å². The summed E-state index contributed by atoms with van der Waals surface area (Å²) in [5, 5.41) is 10.3. The third-order valence-electron chi connectivity index (χ3n) is 8.69. The van der Waals surface area contributed by atoms with Gasteiger partial charge in [-0.15, -0.1) is 24.8 Å². The van der Waals surface area contributed by atoms with Crippen LogP contribution < -0.4 is 26.4 Å². The summed E-state index contributed by atoms with van der Waals surface area (Å²) in [6, 6.07) is 8.59. The molecule has 3 aromatic rings. The van der Waals surface area contributed by atoms with Crippen molar-refractivity contribution in [2.75, 3.05) is 36.1 Å². The van der Waals surface area contributed by atoms with Crippen LogP contribution in [0.3, 0.4) is 0 Å². The molecule has 11 nitrogen and oxygen atoms in total. The predicted molar refractivity (Wildman–Crippen MR) is 171 cm³/mol. The molecule has 3 fully saturated rings. The third kappa shape index (κ3) is 7.30. The molecule has 0 radical (unpaired) electrons. The van der Waals surface area contributed by atoms with E-state index in [2.05, 4.69) is 20.5 Å². The molecule has 3 aliphatic rings. The summed E-state index contributed by atoms with van der Waals surface area (Å²) in [6.45, 7) is 1.32. The van der Waals surface area contributed by atoms with Gasteiger partial charge in [0, 0.05) is 49.0 Å². The van der Waals surface area contributed by atoms with Crippen LogP contribution in [0.4, 0.5) is 22.2 Å². The molecule has 1 saturated heterocycles. The average molecular weight is 621 g/mol. The van der Waals surface area contributed by atoms with Gasteiger partial charge in [-0.1, -0.05) is 18.9 Å². The second kappa shape index (κ2) is 14.4. The predicted octanol–water partition coefficient (Wildman–Crippen LogP) is 5.58. The number of nitrogens with two attached hydrogens (primary N) is 1. The summed E-state index contributed by atoms with van der Waals surface area (Å²) >= 11 is 0. The van der Waals surface area contributed by atoms with Crippen molar-refractivity contribution < 1.29 is 9.53 Å². The Morgan fingerprint density at radius 3 is 2.38 bits per heavy atom. The quantitative estimate of drug-likeness (QED) is 0.269. The molecule has 0 atom stereocenters. The van der Waals surface area contributed by atoms with Crippen LogP contribution in [0.15, 0.2) is 30.6 Å². The Kier molecular flexibility index (Phi) is 11.0. The molecule has 0 spiro atoms. The summed E-state index contributed by atoms with van der Waals surface area (Å²) in [6.07, 6.45) is 12.5. The van der Waals surface area contributed by atoms with Crippen LogP contribution in [-0.2, 0) is 0 Å². The van der Waals surface area contributed by atoms with Crippen molar-refractivity contribution in [2.45, 2.75) is 88.4 Å². The van der Waals surface area contributed by atoms with Crippen LogP contribution in [-0.4, -0.2) is 68.8 Å². The van der Waals surface area contributed by atoms with Crippen LogP contribution in [0.2, 0.25) is 0 Å². The molecule has 5 N–H and O–H groups in total. The van der Waals surface area contributed by atoms with E-state index < -0.39 is 0 Å². The number of likely N-dealkylation sites (tertiary alicyclic amines) is 1. The number of benzene rings is 1. The first-order valence-corrected chi connectivity index (χ1v) is 14.8. The Hall–Kier alpha value is -3.02. The minimum atomic E-state index is -0.0925. The van der Waals surface area contributed by atoms with E-state index in [0.717, 1.165) is 74.0 Å². The van der Waals surface area contributed by atoms with Gasteiger partial charge in [0.2, 0.25) is 5.95 Å². The summed E-state index contributed by atoms with van der Waals surface area (Å²) in [5.41, 5.74) is 8.58. The maximum atomic E-state index is 12.9. The van der Waals surface area contributed by atoms with E-state index in [4.69, 9.17) is 25.4 Å². The maximum absolute atomic E-state index is 12.9. The molecular weight excluding hydrogens is 577 g/mol. The van der Waals surface area contributed by atoms with E-state index in [0.29, 0.717) is 42.9 Å². The average Bonchev–Trinajstić information content (AvgIpc) is 3.65. The van der Waals surface area contributed by atoms with Crippen molar-refractivity contribution in [1.29, 1.82) is 0 Å². The topological polar surface area (TPSA) is 135 Å². The largest absolute Gasteiger partial charge is 0.497 e. The number of hydrogen-bond donors (Lipinski definition) is 4. The van der Waals surface area contributed by atoms with Gasteiger partial charge in [0.1, 0.15) is 5.75 Å². The van der Waals surface area contributed by atoms with Crippen LogP contribution in [0.1, 0.15) is 70.3 Å². The Labute approximate surface area is 259 Å². The van der Waals surface area contributed by atoms with Crippen LogP contribution in [0.25, 0.3) is 11.2 Å². The number of rotatable bonds is 7. The Morgan fingerprint density at radius 1 is 0.952 bits per heavy atom. The van der Waals surface area contributed by atoms with Gasteiger partial charge in [0.25, 0.3) is 0 Å². The van der Waals surface area contributed by atoms with Crippen molar-refractivity contribution in [3.05, 3.63) is 30.6 Å². The molecule has 2 aliphatic carbocycles. The molecule has 0 bridgehead atoms. The molecule has 1 aliphatic heterocycles. The highest BCUT2D eigenvalue weighted by Gasteiger charge is 2.27. The molecule has 42 heavy (non-hydrogen) atoms. The van der Waals surface area contributed by atoms with E-state index in [1.807, 2.05) is 35.5 Å². The molecule has 0 unspecified atom stereocenters. The zero-order valence-corrected chi connectivity index (χ0v) is 25.8. The number of hydrogen-bond acceptors (Lipinski definition) is 8. The lowest BCUT2D eigenvalue weighted by molar-refractivity contribution is 0.197. The zero-order valence-electron chi connectivity index (χ0n) is 24.1. The van der Waals surface area contributed by atoms with Crippen LogP contribution >= 0.6 is 24.8 Å². The minimum Gasteiger partial charge on any atom is -0.497 e. The number of carbonyl (C=O) groups excluding carboxylic acids is 1. The Morgan fingerprint density at radius 2 is 1.67 bits per heavy atom. The fourth-order valence-corrected chi connectivity index (χ4v) is 6.30. The molecule has 13 heteroatoms. The van der Waals surface area contributed by atoms with Crippen molar-refractivity contribution in [2.24, 2.45) is 5.73 Å². The maximum Gasteiger partial charge on any atom is 0.321 e. The van der Waals surface area contributed by atoms with Crippen LogP contribution in [0.5, 0.6) is 5.75 Å². The molecule has 1 aromatic carbocycles. The van der Waals surface area contributed by atoms with E-state index in [-0.39, 0.29) is 36.9 Å². The number of methoxy groups -OCH3 is 1. The first-order chi connectivity index (χ1) is 19.6. The lowest BCUT2D eigenvalue weighted by Crippen LogP contribution is -2.44. The first kappa shape index (κ1) is 31.9. The second-order valence-corrected chi connectivity index (χ2v) is 11.5. The number of amides is 2. The normalized spacial score (nSPS) is 21.3. The number of anilines is 3. The van der Waals surface area contributed by atoms with Gasteiger partial charge in [-0.05, 0) is 63.5 Å². The van der Waals surface area contributed by atoms with Gasteiger partial charge in [-0.3, -0.25) is 0 Å². The highest BCUT2D eigenvalue weighted by atomic mass is 35.5. The Balaban J connectivity index is 0.00000202. The SMILES string of the molecule is COc1cccc(NC(=O)N2CCC(Nc3nc(NC4CCC(N)CC4)nc4c3ncn4C3CCCC3)CC2)c1.Cl.Cl. The minimum absolute atomic E-state index is 0. The van der Waals surface area contributed by atoms with E-state index in [9.17, 15) is 4.79 Å². The van der Waals surface area contributed by atoms with Gasteiger partial charge in [0.05, 0.1) is 13.4 Å². The highest BCUT2D eigenvalue weighted by Crippen LogP contribution is 2.34. The number of nitrogens with one attached hydrogen (secondary N) is 3. The number of fused-ring (bicyclic) bond motifs is 1. The summed E-state index contributed by atoms with van der Waals surface area (Å²) in [4.78, 5) is 29.4. The molecule has 3 heterocycles. The number of imidazole rings is 1. The van der Waals surface area contributed by atoms with Gasteiger partial charge >= 0.3 is 6.03 Å². The van der Waals surface area contributed by atoms with Crippen LogP contribution in [0, 0.1) is 0 Å². The van der Waals surface area contributed by atoms with E-state index in [1.165, 1.54) is 12.8 Å². The molecule has 2 aromatic heterocycles. The molecule has 6 rings (SSSR count). The molecule has 230 valence electrons. The molecule has 2 amide bonds. The summed E-state index contributed by atoms with van der Waals surface area (Å²) in [5.74, 6) is 2.15. The first-order valence-electron chi connectivity index (χ1n) is 14.8. The van der Waals surface area contributed by atoms with Gasteiger partial charge in [-0.2, -0.15) is 9.97 Å². The molecular formula is C29H43Cl2N9O2. The second-order valence-electron chi connectivity index (χ2n) is 11.5. The number of piperidine rings is 1. The highest BCUT2D eigenvalue weighted by molar-refractivity contribution is 5.89. The number of nitrogens with zero attached hydrogens (tertiary/aromatic N) is 5. The smallest absolute Gasteiger partial charge is 0.321 e. The van der Waals surface area contributed by atoms with Gasteiger partial charge in [-0.25, -0.2) is 9.78 Å². The van der Waals surface area contributed by atoms with Crippen molar-refractivity contribution >= 4 is 59.5 Å². The Bertz CT molecular complexity index is 1320. The fourth-order valence-electron chi connectivity index (χ4n) is 6.30. The van der Waals surface area contributed by atoms with E-state index >= 15 is 0 Å². The lowest BCUT2D eigenvalue weighted by atomic mass is 9.92. The van der Waals surface area contributed by atoms with Gasteiger partial charge in [0.15, 0.2) is 17.0 Å². The molecule has 2 saturated carbocycles. The van der Waals surface area contributed by atoms with Crippen molar-refractivity contribution in [3.8, 4) is 5.75 Å². The lowest BCUT2D eigenvalue weighted by Gasteiger charge is -2.32. The number of halogens is 2. The van der Waals surface area contributed by atoms with Crippen molar-refractivity contribution in [3.63, 3.8) is 0 Å². The van der Waals surface area contributed by atoms with E-state index in [1.54, 1.807) is 7.11 Å².